The van der Waals surface area contributed by atoms with E-state index in [0.717, 1.165) is 5.56 Å². The fourth-order valence-corrected chi connectivity index (χ4v) is 1.85. The van der Waals surface area contributed by atoms with Gasteiger partial charge in [-0.25, -0.2) is 4.79 Å². The van der Waals surface area contributed by atoms with Gasteiger partial charge in [0.15, 0.2) is 0 Å². The van der Waals surface area contributed by atoms with Crippen LogP contribution in [-0.4, -0.2) is 15.3 Å². The molecule has 0 aliphatic rings. The number of hydrogen-bond acceptors (Lipinski definition) is 3. The summed E-state index contributed by atoms with van der Waals surface area (Å²) >= 11 is 0. The van der Waals surface area contributed by atoms with Gasteiger partial charge in [-0.15, -0.1) is 0 Å². The molecule has 0 unspecified atom stereocenters. The molecule has 0 spiro atoms. The number of nitrogens with one attached hydrogen (secondary N) is 1. The van der Waals surface area contributed by atoms with Crippen LogP contribution in [0.1, 0.15) is 18.1 Å². The lowest BCUT2D eigenvalue weighted by molar-refractivity contribution is -0.116. The van der Waals surface area contributed by atoms with E-state index in [1.165, 1.54) is 17.7 Å². The number of aromatic nitrogens is 2. The van der Waals surface area contributed by atoms with Crippen molar-refractivity contribution in [2.75, 3.05) is 0 Å². The Labute approximate surface area is 109 Å². The van der Waals surface area contributed by atoms with Gasteiger partial charge in [0.2, 0.25) is 0 Å². The molecule has 1 N–H and O–H groups in total. The lowest BCUT2D eigenvalue weighted by atomic mass is 10.2. The highest BCUT2D eigenvalue weighted by atomic mass is 16.2. The molecular formula is C14H14N2O3. The molecule has 0 aliphatic carbocycles. The van der Waals surface area contributed by atoms with Crippen LogP contribution in [-0.2, 0) is 17.8 Å². The van der Waals surface area contributed by atoms with Crippen molar-refractivity contribution in [1.82, 2.24) is 9.55 Å². The number of carbonyl (C=O) groups is 1. The first-order valence-corrected chi connectivity index (χ1v) is 5.92. The Bertz CT molecular complexity index is 699. The molecular weight excluding hydrogens is 244 g/mol. The molecule has 1 aromatic heterocycles. The van der Waals surface area contributed by atoms with Crippen LogP contribution in [0.3, 0.4) is 0 Å². The molecule has 5 heteroatoms. The zero-order chi connectivity index (χ0) is 13.8. The molecule has 0 saturated carbocycles. The summed E-state index contributed by atoms with van der Waals surface area (Å²) in [6.07, 6.45) is 1.49. The van der Waals surface area contributed by atoms with Crippen LogP contribution in [0.15, 0.2) is 46.1 Å². The van der Waals surface area contributed by atoms with Crippen LogP contribution in [0.2, 0.25) is 0 Å². The fourth-order valence-electron chi connectivity index (χ4n) is 1.85. The van der Waals surface area contributed by atoms with Crippen LogP contribution in [0, 0.1) is 0 Å². The van der Waals surface area contributed by atoms with E-state index in [1.54, 1.807) is 0 Å². The SMILES string of the molecule is CC(=O)Cc1cn(Cc2ccccc2)c(=O)[nH]c1=O. The molecule has 2 rings (SSSR count). The second-order valence-electron chi connectivity index (χ2n) is 4.41. The van der Waals surface area contributed by atoms with Crippen LogP contribution in [0.4, 0.5) is 0 Å². The average molecular weight is 258 g/mol. The van der Waals surface area contributed by atoms with Gasteiger partial charge in [0.1, 0.15) is 5.78 Å². The van der Waals surface area contributed by atoms with Crippen LogP contribution in [0.5, 0.6) is 0 Å². The Hall–Kier alpha value is -2.43. The largest absolute Gasteiger partial charge is 0.328 e. The molecule has 0 amide bonds. The zero-order valence-electron chi connectivity index (χ0n) is 10.6. The highest BCUT2D eigenvalue weighted by molar-refractivity contribution is 5.77. The van der Waals surface area contributed by atoms with Crippen molar-refractivity contribution in [3.63, 3.8) is 0 Å². The number of ketones is 1. The molecule has 0 aliphatic heterocycles. The third-order valence-corrected chi connectivity index (χ3v) is 2.72. The molecule has 1 heterocycles. The second-order valence-corrected chi connectivity index (χ2v) is 4.41. The molecule has 1 aromatic carbocycles. The summed E-state index contributed by atoms with van der Waals surface area (Å²) < 4.78 is 1.40. The van der Waals surface area contributed by atoms with Crippen molar-refractivity contribution in [1.29, 1.82) is 0 Å². The van der Waals surface area contributed by atoms with E-state index < -0.39 is 11.2 Å². The predicted molar refractivity (Wildman–Crippen MR) is 71.3 cm³/mol. The molecule has 98 valence electrons. The third kappa shape index (κ3) is 3.28. The van der Waals surface area contributed by atoms with Gasteiger partial charge < -0.3 is 0 Å². The van der Waals surface area contributed by atoms with Crippen molar-refractivity contribution in [2.24, 2.45) is 0 Å². The summed E-state index contributed by atoms with van der Waals surface area (Å²) in [6, 6.07) is 9.43. The van der Waals surface area contributed by atoms with Crippen molar-refractivity contribution in [3.8, 4) is 0 Å². The highest BCUT2D eigenvalue weighted by Crippen LogP contribution is 2.01. The Morgan fingerprint density at radius 2 is 1.89 bits per heavy atom. The second kappa shape index (κ2) is 5.48. The molecule has 2 aromatic rings. The molecule has 0 atom stereocenters. The van der Waals surface area contributed by atoms with Crippen LogP contribution < -0.4 is 11.2 Å². The first kappa shape index (κ1) is 13.0. The molecule has 0 radical (unpaired) electrons. The van der Waals surface area contributed by atoms with E-state index in [2.05, 4.69) is 4.98 Å². The molecule has 5 nitrogen and oxygen atoms in total. The monoisotopic (exact) mass is 258 g/mol. The van der Waals surface area contributed by atoms with E-state index >= 15 is 0 Å². The predicted octanol–water partition coefficient (Wildman–Crippen LogP) is 0.716. The van der Waals surface area contributed by atoms with Gasteiger partial charge in [-0.3, -0.25) is 19.1 Å². The van der Waals surface area contributed by atoms with Gasteiger partial charge >= 0.3 is 5.69 Å². The molecule has 19 heavy (non-hydrogen) atoms. The Morgan fingerprint density at radius 1 is 1.21 bits per heavy atom. The quantitative estimate of drug-likeness (QED) is 0.878. The maximum absolute atomic E-state index is 11.7. The number of aromatic amines is 1. The minimum atomic E-state index is -0.496. The van der Waals surface area contributed by atoms with Crippen molar-refractivity contribution in [3.05, 3.63) is 68.5 Å². The molecule has 0 bridgehead atoms. The molecule has 0 fully saturated rings. The lowest BCUT2D eigenvalue weighted by Crippen LogP contribution is -2.32. The number of benzene rings is 1. The van der Waals surface area contributed by atoms with E-state index in [1.807, 2.05) is 30.3 Å². The number of H-pyrrole nitrogens is 1. The van der Waals surface area contributed by atoms with Gasteiger partial charge in [0.05, 0.1) is 6.54 Å². The number of rotatable bonds is 4. The van der Waals surface area contributed by atoms with Crippen LogP contribution in [0.25, 0.3) is 0 Å². The number of hydrogen-bond donors (Lipinski definition) is 1. The summed E-state index contributed by atoms with van der Waals surface area (Å²) in [5.74, 6) is -0.115. The summed E-state index contributed by atoms with van der Waals surface area (Å²) in [7, 11) is 0. The van der Waals surface area contributed by atoms with Crippen LogP contribution >= 0.6 is 0 Å². The van der Waals surface area contributed by atoms with Crippen molar-refractivity contribution < 1.29 is 4.79 Å². The Morgan fingerprint density at radius 3 is 2.53 bits per heavy atom. The minimum absolute atomic E-state index is 0.0321. The first-order valence-electron chi connectivity index (χ1n) is 5.92. The topological polar surface area (TPSA) is 71.9 Å². The minimum Gasteiger partial charge on any atom is -0.300 e. The van der Waals surface area contributed by atoms with Crippen molar-refractivity contribution in [2.45, 2.75) is 19.9 Å². The summed E-state index contributed by atoms with van der Waals surface area (Å²) in [4.78, 5) is 36.6. The van der Waals surface area contributed by atoms with Gasteiger partial charge in [-0.05, 0) is 12.5 Å². The third-order valence-electron chi connectivity index (χ3n) is 2.72. The first-order chi connectivity index (χ1) is 9.06. The number of carbonyl (C=O) groups excluding carboxylic acids is 1. The highest BCUT2D eigenvalue weighted by Gasteiger charge is 2.07. The summed E-state index contributed by atoms with van der Waals surface area (Å²) in [5.41, 5.74) is 0.291. The summed E-state index contributed by atoms with van der Waals surface area (Å²) in [5, 5.41) is 0. The number of Topliss-reactive ketones (excluding diaryl/α,β-unsaturated/α-hetero) is 1. The average Bonchev–Trinajstić information content (AvgIpc) is 2.36. The summed E-state index contributed by atoms with van der Waals surface area (Å²) in [6.45, 7) is 1.77. The Balaban J connectivity index is 2.38. The lowest BCUT2D eigenvalue weighted by Gasteiger charge is -2.07. The standard InChI is InChI=1S/C14H14N2O3/c1-10(17)7-12-9-16(14(19)15-13(12)18)8-11-5-3-2-4-6-11/h2-6,9H,7-8H2,1H3,(H,15,18,19). The zero-order valence-corrected chi connectivity index (χ0v) is 10.6. The van der Waals surface area contributed by atoms with E-state index in [-0.39, 0.29) is 12.2 Å². The van der Waals surface area contributed by atoms with E-state index in [9.17, 15) is 14.4 Å². The fraction of sp³-hybridized carbons (Fsp3) is 0.214. The van der Waals surface area contributed by atoms with Gasteiger partial charge in [-0.2, -0.15) is 0 Å². The number of nitrogens with zero attached hydrogens (tertiary/aromatic N) is 1. The van der Waals surface area contributed by atoms with Gasteiger partial charge in [0.25, 0.3) is 5.56 Å². The maximum Gasteiger partial charge on any atom is 0.328 e. The van der Waals surface area contributed by atoms with E-state index in [4.69, 9.17) is 0 Å². The van der Waals surface area contributed by atoms with Gasteiger partial charge in [0, 0.05) is 18.2 Å². The smallest absolute Gasteiger partial charge is 0.300 e. The van der Waals surface area contributed by atoms with E-state index in [0.29, 0.717) is 12.1 Å². The molecule has 0 saturated heterocycles. The van der Waals surface area contributed by atoms with Crippen molar-refractivity contribution >= 4 is 5.78 Å². The normalized spacial score (nSPS) is 10.4. The van der Waals surface area contributed by atoms with Gasteiger partial charge in [-0.1, -0.05) is 30.3 Å². The maximum atomic E-state index is 11.7. The Kier molecular flexibility index (Phi) is 3.75.